The van der Waals surface area contributed by atoms with Crippen molar-refractivity contribution in [2.45, 2.75) is 25.8 Å². The van der Waals surface area contributed by atoms with Crippen molar-refractivity contribution in [3.8, 4) is 0 Å². The number of nitrogens with zero attached hydrogens (tertiary/aromatic N) is 1. The van der Waals surface area contributed by atoms with Crippen LogP contribution in [0.5, 0.6) is 0 Å². The quantitative estimate of drug-likeness (QED) is 0.653. The molecule has 1 saturated heterocycles. The fourth-order valence-electron chi connectivity index (χ4n) is 2.67. The molecule has 0 spiro atoms. The Morgan fingerprint density at radius 2 is 2.26 bits per heavy atom. The number of nitro groups is 1. The Hall–Kier alpha value is -1.46. The first kappa shape index (κ1) is 14.0. The van der Waals surface area contributed by atoms with Gasteiger partial charge in [0.25, 0.3) is 5.69 Å². The molecule has 1 aromatic rings. The summed E-state index contributed by atoms with van der Waals surface area (Å²) in [5.74, 6) is 0.301. The van der Waals surface area contributed by atoms with Crippen LogP contribution in [0.1, 0.15) is 18.9 Å². The Morgan fingerprint density at radius 3 is 3.00 bits per heavy atom. The van der Waals surface area contributed by atoms with Crippen LogP contribution in [0.25, 0.3) is 0 Å². The Balaban J connectivity index is 2.12. The van der Waals surface area contributed by atoms with E-state index in [4.69, 9.17) is 4.74 Å². The van der Waals surface area contributed by atoms with E-state index in [1.54, 1.807) is 12.1 Å². The summed E-state index contributed by atoms with van der Waals surface area (Å²) in [4.78, 5) is 10.7. The van der Waals surface area contributed by atoms with Gasteiger partial charge < -0.3 is 10.1 Å². The highest BCUT2D eigenvalue weighted by Gasteiger charge is 2.27. The molecule has 1 aromatic carbocycles. The summed E-state index contributed by atoms with van der Waals surface area (Å²) in [7, 11) is 0. The SMILES string of the molecule is CCNC1CCOCC1Cc1ccccc1[N+](=O)[O-]. The lowest BCUT2D eigenvalue weighted by Crippen LogP contribution is -2.43. The summed E-state index contributed by atoms with van der Waals surface area (Å²) in [6.45, 7) is 4.43. The first-order chi connectivity index (χ1) is 9.22. The zero-order valence-electron chi connectivity index (χ0n) is 11.2. The number of rotatable bonds is 5. The molecule has 104 valence electrons. The van der Waals surface area contributed by atoms with Gasteiger partial charge in [0.1, 0.15) is 0 Å². The van der Waals surface area contributed by atoms with E-state index in [2.05, 4.69) is 12.2 Å². The predicted molar refractivity (Wildman–Crippen MR) is 73.2 cm³/mol. The van der Waals surface area contributed by atoms with Crippen molar-refractivity contribution < 1.29 is 9.66 Å². The third-order valence-corrected chi connectivity index (χ3v) is 3.61. The van der Waals surface area contributed by atoms with Gasteiger partial charge >= 0.3 is 0 Å². The summed E-state index contributed by atoms with van der Waals surface area (Å²) in [5.41, 5.74) is 1.01. The normalized spacial score (nSPS) is 23.2. The summed E-state index contributed by atoms with van der Waals surface area (Å²) < 4.78 is 5.52. The predicted octanol–water partition coefficient (Wildman–Crippen LogP) is 2.15. The van der Waals surface area contributed by atoms with Crippen LogP contribution in [-0.2, 0) is 11.2 Å². The molecule has 0 radical (unpaired) electrons. The third-order valence-electron chi connectivity index (χ3n) is 3.61. The van der Waals surface area contributed by atoms with E-state index in [9.17, 15) is 10.1 Å². The maximum Gasteiger partial charge on any atom is 0.272 e. The molecular weight excluding hydrogens is 244 g/mol. The number of ether oxygens (including phenoxy) is 1. The van der Waals surface area contributed by atoms with E-state index >= 15 is 0 Å². The minimum Gasteiger partial charge on any atom is -0.381 e. The van der Waals surface area contributed by atoms with Gasteiger partial charge in [-0.3, -0.25) is 10.1 Å². The van der Waals surface area contributed by atoms with Gasteiger partial charge in [-0.15, -0.1) is 0 Å². The van der Waals surface area contributed by atoms with Gasteiger partial charge in [0.05, 0.1) is 11.5 Å². The smallest absolute Gasteiger partial charge is 0.272 e. The molecule has 0 aromatic heterocycles. The first-order valence-electron chi connectivity index (χ1n) is 6.75. The van der Waals surface area contributed by atoms with Crippen molar-refractivity contribution in [3.05, 3.63) is 39.9 Å². The second kappa shape index (κ2) is 6.63. The van der Waals surface area contributed by atoms with Crippen LogP contribution in [-0.4, -0.2) is 30.7 Å². The van der Waals surface area contributed by atoms with Gasteiger partial charge in [-0.05, 0) is 19.4 Å². The largest absolute Gasteiger partial charge is 0.381 e. The van der Waals surface area contributed by atoms with Crippen LogP contribution < -0.4 is 5.32 Å². The fraction of sp³-hybridized carbons (Fsp3) is 0.571. The monoisotopic (exact) mass is 264 g/mol. The number of nitrogens with one attached hydrogen (secondary N) is 1. The number of benzene rings is 1. The molecule has 2 unspecified atom stereocenters. The summed E-state index contributed by atoms with van der Waals surface area (Å²) in [6, 6.07) is 7.37. The highest BCUT2D eigenvalue weighted by Crippen LogP contribution is 2.25. The van der Waals surface area contributed by atoms with Gasteiger partial charge in [0.15, 0.2) is 0 Å². The van der Waals surface area contributed by atoms with Crippen molar-refractivity contribution >= 4 is 5.69 Å². The molecule has 1 aliphatic heterocycles. The highest BCUT2D eigenvalue weighted by atomic mass is 16.6. The molecule has 0 saturated carbocycles. The zero-order valence-corrected chi connectivity index (χ0v) is 11.2. The maximum absolute atomic E-state index is 11.0. The summed E-state index contributed by atoms with van der Waals surface area (Å²) in [6.07, 6.45) is 1.66. The van der Waals surface area contributed by atoms with Crippen molar-refractivity contribution in [2.75, 3.05) is 19.8 Å². The molecular formula is C14H20N2O3. The van der Waals surface area contributed by atoms with E-state index in [1.165, 1.54) is 0 Å². The molecule has 5 heteroatoms. The molecule has 1 heterocycles. The molecule has 0 bridgehead atoms. The van der Waals surface area contributed by atoms with E-state index in [0.717, 1.165) is 25.1 Å². The van der Waals surface area contributed by atoms with Gasteiger partial charge in [-0.25, -0.2) is 0 Å². The van der Waals surface area contributed by atoms with Crippen LogP contribution in [0.3, 0.4) is 0 Å². The lowest BCUT2D eigenvalue weighted by molar-refractivity contribution is -0.385. The molecule has 1 N–H and O–H groups in total. The van der Waals surface area contributed by atoms with Crippen LogP contribution in [0.4, 0.5) is 5.69 Å². The second-order valence-electron chi connectivity index (χ2n) is 4.88. The topological polar surface area (TPSA) is 64.4 Å². The lowest BCUT2D eigenvalue weighted by Gasteiger charge is -2.32. The maximum atomic E-state index is 11.0. The Labute approximate surface area is 113 Å². The van der Waals surface area contributed by atoms with Crippen molar-refractivity contribution in [2.24, 2.45) is 5.92 Å². The molecule has 1 fully saturated rings. The molecule has 2 atom stereocenters. The molecule has 5 nitrogen and oxygen atoms in total. The minimum atomic E-state index is -0.304. The average Bonchev–Trinajstić information content (AvgIpc) is 2.42. The Morgan fingerprint density at radius 1 is 1.47 bits per heavy atom. The third kappa shape index (κ3) is 3.52. The molecule has 1 aliphatic rings. The van der Waals surface area contributed by atoms with E-state index in [0.29, 0.717) is 25.0 Å². The van der Waals surface area contributed by atoms with Crippen LogP contribution in [0, 0.1) is 16.0 Å². The summed E-state index contributed by atoms with van der Waals surface area (Å²) >= 11 is 0. The fourth-order valence-corrected chi connectivity index (χ4v) is 2.67. The number of hydrogen-bond donors (Lipinski definition) is 1. The molecule has 0 aliphatic carbocycles. The minimum absolute atomic E-state index is 0.211. The zero-order chi connectivity index (χ0) is 13.7. The van der Waals surface area contributed by atoms with Gasteiger partial charge in [0, 0.05) is 30.2 Å². The van der Waals surface area contributed by atoms with Gasteiger partial charge in [0.2, 0.25) is 0 Å². The first-order valence-corrected chi connectivity index (χ1v) is 6.75. The lowest BCUT2D eigenvalue weighted by atomic mass is 9.89. The number of nitro benzene ring substituents is 1. The van der Waals surface area contributed by atoms with Gasteiger partial charge in [-0.1, -0.05) is 25.1 Å². The van der Waals surface area contributed by atoms with Crippen LogP contribution >= 0.6 is 0 Å². The van der Waals surface area contributed by atoms with Crippen molar-refractivity contribution in [1.29, 1.82) is 0 Å². The molecule has 19 heavy (non-hydrogen) atoms. The van der Waals surface area contributed by atoms with E-state index in [-0.39, 0.29) is 10.6 Å². The van der Waals surface area contributed by atoms with E-state index < -0.39 is 0 Å². The van der Waals surface area contributed by atoms with Crippen molar-refractivity contribution in [3.63, 3.8) is 0 Å². The molecule has 2 rings (SSSR count). The molecule has 0 amide bonds. The Kier molecular flexibility index (Phi) is 4.87. The average molecular weight is 264 g/mol. The summed E-state index contributed by atoms with van der Waals surface area (Å²) in [5, 5.41) is 14.5. The Bertz CT molecular complexity index is 434. The van der Waals surface area contributed by atoms with Gasteiger partial charge in [-0.2, -0.15) is 0 Å². The number of hydrogen-bond acceptors (Lipinski definition) is 4. The van der Waals surface area contributed by atoms with Crippen LogP contribution in [0.15, 0.2) is 24.3 Å². The van der Waals surface area contributed by atoms with Crippen LogP contribution in [0.2, 0.25) is 0 Å². The highest BCUT2D eigenvalue weighted by molar-refractivity contribution is 5.40. The van der Waals surface area contributed by atoms with E-state index in [1.807, 2.05) is 12.1 Å². The number of para-hydroxylation sites is 1. The standard InChI is InChI=1S/C14H20N2O3/c1-2-15-13-7-8-19-10-12(13)9-11-5-3-4-6-14(11)16(17)18/h3-6,12-13,15H,2,7-10H2,1H3. The second-order valence-corrected chi connectivity index (χ2v) is 4.88. The van der Waals surface area contributed by atoms with Crippen molar-refractivity contribution in [1.82, 2.24) is 5.32 Å².